The van der Waals surface area contributed by atoms with Crippen LogP contribution in [-0.2, 0) is 9.59 Å². The number of thiophene rings is 1. The van der Waals surface area contributed by atoms with Crippen LogP contribution in [0.4, 0.5) is 5.00 Å². The van der Waals surface area contributed by atoms with E-state index in [1.54, 1.807) is 13.8 Å². The van der Waals surface area contributed by atoms with Crippen LogP contribution in [0.15, 0.2) is 0 Å². The molecule has 78 valence electrons. The van der Waals surface area contributed by atoms with Crippen LogP contribution in [0.3, 0.4) is 0 Å². The maximum Gasteiger partial charge on any atom is 1.00 e. The van der Waals surface area contributed by atoms with Gasteiger partial charge in [-0.05, 0) is 19.4 Å². The Morgan fingerprint density at radius 2 is 2.00 bits per heavy atom. The Bertz CT molecular complexity index is 476. The second kappa shape index (κ2) is 6.01. The van der Waals surface area contributed by atoms with Gasteiger partial charge in [0.25, 0.3) is 5.91 Å². The van der Waals surface area contributed by atoms with Crippen LogP contribution in [0.5, 0.6) is 0 Å². The number of carboxylic acid groups (broad SMARTS) is 1. The van der Waals surface area contributed by atoms with Gasteiger partial charge < -0.3 is 15.2 Å². The van der Waals surface area contributed by atoms with E-state index in [0.717, 1.165) is 10.4 Å². The van der Waals surface area contributed by atoms with E-state index < -0.39 is 11.9 Å². The van der Waals surface area contributed by atoms with Gasteiger partial charge in [-0.1, -0.05) is 0 Å². The molecule has 7 heteroatoms. The van der Waals surface area contributed by atoms with Gasteiger partial charge in [-0.3, -0.25) is 4.79 Å². The summed E-state index contributed by atoms with van der Waals surface area (Å²) in [5.41, 5.74) is 1.04. The van der Waals surface area contributed by atoms with E-state index in [1.165, 1.54) is 11.3 Å². The maximum absolute atomic E-state index is 10.8. The van der Waals surface area contributed by atoms with Crippen LogP contribution in [-0.4, -0.2) is 11.9 Å². The fourth-order valence-corrected chi connectivity index (χ4v) is 2.01. The van der Waals surface area contributed by atoms with E-state index in [0.29, 0.717) is 5.56 Å². The Morgan fingerprint density at radius 3 is 2.44 bits per heavy atom. The van der Waals surface area contributed by atoms with E-state index in [9.17, 15) is 14.7 Å². The Balaban J connectivity index is 0.00000225. The van der Waals surface area contributed by atoms with Crippen molar-refractivity contribution in [3.05, 3.63) is 16.0 Å². The predicted molar refractivity (Wildman–Crippen MR) is 52.1 cm³/mol. The Hall–Kier alpha value is -0.870. The molecule has 1 heterocycles. The number of carbonyl (C=O) groups excluding carboxylic acids is 2. The van der Waals surface area contributed by atoms with Crippen LogP contribution < -0.4 is 40.0 Å². The molecule has 0 aliphatic carbocycles. The predicted octanol–water partition coefficient (Wildman–Crippen LogP) is -3.07. The molecule has 0 spiro atoms. The van der Waals surface area contributed by atoms with Crippen LogP contribution >= 0.6 is 11.3 Å². The first-order chi connectivity index (χ1) is 6.97. The third-order valence-corrected chi connectivity index (χ3v) is 3.03. The van der Waals surface area contributed by atoms with E-state index in [-0.39, 0.29) is 34.6 Å². The number of amides is 1. The minimum absolute atomic E-state index is 0. The van der Waals surface area contributed by atoms with Gasteiger partial charge in [-0.25, -0.2) is 0 Å². The quantitative estimate of drug-likeness (QED) is 0.420. The Labute approximate surface area is 118 Å². The normalized spacial score (nSPS) is 8.81. The molecule has 0 bridgehead atoms. The molecule has 0 aliphatic rings. The van der Waals surface area contributed by atoms with Crippen molar-refractivity contribution < 1.29 is 44.3 Å². The smallest absolute Gasteiger partial charge is 0.540 e. The van der Waals surface area contributed by atoms with Crippen molar-refractivity contribution in [1.29, 1.82) is 5.26 Å². The average Bonchev–Trinajstić information content (AvgIpc) is 2.42. The molecule has 0 unspecified atom stereocenters. The first kappa shape index (κ1) is 15.1. The number of hydrogen-bond acceptors (Lipinski definition) is 5. The zero-order chi connectivity index (χ0) is 11.6. The summed E-state index contributed by atoms with van der Waals surface area (Å²) in [6.45, 7) is 3.52. The fraction of sp³-hybridized carbons (Fsp3) is 0.222. The number of nitrogens with zero attached hydrogens (tertiary/aromatic N) is 1. The monoisotopic (exact) mass is 246 g/mol. The van der Waals surface area contributed by atoms with Crippen LogP contribution in [0, 0.1) is 25.2 Å². The molecule has 1 aromatic heterocycles. The van der Waals surface area contributed by atoms with Crippen molar-refractivity contribution in [2.75, 3.05) is 5.32 Å². The molecular formula is C9H7N2NaO3S. The number of carbonyl (C=O) groups is 2. The van der Waals surface area contributed by atoms with Crippen molar-refractivity contribution >= 4 is 28.2 Å². The van der Waals surface area contributed by atoms with Crippen LogP contribution in [0.2, 0.25) is 0 Å². The Morgan fingerprint density at radius 1 is 1.44 bits per heavy atom. The summed E-state index contributed by atoms with van der Waals surface area (Å²) < 4.78 is 0. The second-order valence-electron chi connectivity index (χ2n) is 2.84. The summed E-state index contributed by atoms with van der Waals surface area (Å²) >= 11 is 1.17. The topological polar surface area (TPSA) is 93.0 Å². The van der Waals surface area contributed by atoms with Crippen LogP contribution in [0.25, 0.3) is 0 Å². The molecule has 1 rings (SSSR count). The molecule has 1 amide bonds. The number of rotatable bonds is 1. The minimum Gasteiger partial charge on any atom is -0.540 e. The largest absolute Gasteiger partial charge is 1.00 e. The molecule has 1 N–H and O–H groups in total. The third kappa shape index (κ3) is 3.06. The first-order valence-electron chi connectivity index (χ1n) is 3.99. The molecular weight excluding hydrogens is 239 g/mol. The summed E-state index contributed by atoms with van der Waals surface area (Å²) in [6, 6.07) is 1.91. The van der Waals surface area contributed by atoms with E-state index in [4.69, 9.17) is 5.26 Å². The number of aryl methyl sites for hydroxylation is 1. The molecule has 5 nitrogen and oxygen atoms in total. The molecule has 0 saturated carbocycles. The van der Waals surface area contributed by atoms with Gasteiger partial charge in [0.05, 0.1) is 5.56 Å². The third-order valence-electron chi connectivity index (χ3n) is 1.91. The van der Waals surface area contributed by atoms with E-state index >= 15 is 0 Å². The summed E-state index contributed by atoms with van der Waals surface area (Å²) in [4.78, 5) is 21.9. The number of carboxylic acids is 1. The molecule has 16 heavy (non-hydrogen) atoms. The van der Waals surface area contributed by atoms with E-state index in [2.05, 4.69) is 5.32 Å². The average molecular weight is 246 g/mol. The van der Waals surface area contributed by atoms with Gasteiger partial charge in [0.2, 0.25) is 0 Å². The molecule has 0 saturated heterocycles. The van der Waals surface area contributed by atoms with Gasteiger partial charge in [0, 0.05) is 4.88 Å². The van der Waals surface area contributed by atoms with Gasteiger partial charge in [0.15, 0.2) is 0 Å². The van der Waals surface area contributed by atoms with Gasteiger partial charge >= 0.3 is 29.6 Å². The number of hydrogen-bond donors (Lipinski definition) is 1. The maximum atomic E-state index is 10.8. The summed E-state index contributed by atoms with van der Waals surface area (Å²) in [5.74, 6) is -3.06. The standard InChI is InChI=1S/C9H8N2O3S.Na/c1-4-5(2)15-8(6(4)3-10)11-7(12)9(13)14;/h1-2H3,(H,11,12)(H,13,14);/q;+1/p-1. The molecule has 0 atom stereocenters. The molecule has 0 aliphatic heterocycles. The zero-order valence-electron chi connectivity index (χ0n) is 9.08. The van der Waals surface area contributed by atoms with Crippen molar-refractivity contribution in [2.24, 2.45) is 0 Å². The SMILES string of the molecule is Cc1sc(NC(=O)C(=O)[O-])c(C#N)c1C.[Na+]. The first-order valence-corrected chi connectivity index (χ1v) is 4.81. The summed E-state index contributed by atoms with van der Waals surface area (Å²) in [7, 11) is 0. The minimum atomic E-state index is -1.82. The van der Waals surface area contributed by atoms with Gasteiger partial charge in [0.1, 0.15) is 17.0 Å². The van der Waals surface area contributed by atoms with Gasteiger partial charge in [-0.2, -0.15) is 5.26 Å². The number of anilines is 1. The molecule has 0 radical (unpaired) electrons. The van der Waals surface area contributed by atoms with Crippen molar-refractivity contribution in [3.63, 3.8) is 0 Å². The molecule has 0 aromatic carbocycles. The molecule has 1 aromatic rings. The Kier molecular flexibility index (Phi) is 5.68. The fourth-order valence-electron chi connectivity index (χ4n) is 1.00. The number of aliphatic carboxylic acids is 1. The van der Waals surface area contributed by atoms with Crippen molar-refractivity contribution in [3.8, 4) is 6.07 Å². The summed E-state index contributed by atoms with van der Waals surface area (Å²) in [6.07, 6.45) is 0. The number of nitriles is 1. The zero-order valence-corrected chi connectivity index (χ0v) is 11.9. The van der Waals surface area contributed by atoms with Crippen LogP contribution in [0.1, 0.15) is 16.0 Å². The summed E-state index contributed by atoms with van der Waals surface area (Å²) in [5, 5.41) is 21.4. The number of nitrogens with one attached hydrogen (secondary N) is 1. The van der Waals surface area contributed by atoms with E-state index in [1.807, 2.05) is 6.07 Å². The van der Waals surface area contributed by atoms with Gasteiger partial charge in [-0.15, -0.1) is 11.3 Å². The van der Waals surface area contributed by atoms with Crippen molar-refractivity contribution in [1.82, 2.24) is 0 Å². The second-order valence-corrected chi connectivity index (χ2v) is 4.07. The van der Waals surface area contributed by atoms with Crippen molar-refractivity contribution in [2.45, 2.75) is 13.8 Å². The molecule has 0 fully saturated rings.